The fraction of sp³-hybridized carbons (Fsp3) is 0.500. The first-order valence-electron chi connectivity index (χ1n) is 8.86. The van der Waals surface area contributed by atoms with Crippen LogP contribution in [0.5, 0.6) is 5.75 Å². The first-order valence-corrected chi connectivity index (χ1v) is 8.86. The van der Waals surface area contributed by atoms with Gasteiger partial charge in [0.2, 0.25) is 5.91 Å². The van der Waals surface area contributed by atoms with Crippen LogP contribution < -0.4 is 16.4 Å². The number of carbonyl (C=O) groups is 3. The Hall–Kier alpha value is -2.65. The van der Waals surface area contributed by atoms with Crippen molar-refractivity contribution >= 4 is 17.8 Å². The first-order chi connectivity index (χ1) is 12.9. The molecule has 1 aliphatic heterocycles. The van der Waals surface area contributed by atoms with Crippen molar-refractivity contribution in [2.75, 3.05) is 13.1 Å². The second-order valence-corrected chi connectivity index (χ2v) is 6.39. The topological polar surface area (TPSA) is 154 Å². The van der Waals surface area contributed by atoms with Crippen LogP contribution in [0.4, 0.5) is 0 Å². The number of nitrogens with two attached hydrogens (primary N) is 1. The Kier molecular flexibility index (Phi) is 7.56. The second kappa shape index (κ2) is 9.89. The average molecular weight is 379 g/mol. The molecule has 0 radical (unpaired) electrons. The van der Waals surface area contributed by atoms with Gasteiger partial charge >= 0.3 is 5.97 Å². The molecule has 2 rings (SSSR count). The van der Waals surface area contributed by atoms with Crippen molar-refractivity contribution in [3.05, 3.63) is 29.8 Å². The summed E-state index contributed by atoms with van der Waals surface area (Å²) in [5, 5.41) is 23.5. The molecule has 0 spiro atoms. The number of carboxylic acid groups (broad SMARTS) is 1. The smallest absolute Gasteiger partial charge is 0.336 e. The molecule has 0 saturated carbocycles. The minimum atomic E-state index is -1.21. The summed E-state index contributed by atoms with van der Waals surface area (Å²) in [6, 6.07) is 5.40. The molecule has 9 nitrogen and oxygen atoms in total. The predicted molar refractivity (Wildman–Crippen MR) is 96.0 cm³/mol. The molecule has 27 heavy (non-hydrogen) atoms. The van der Waals surface area contributed by atoms with E-state index in [1.807, 2.05) is 0 Å². The lowest BCUT2D eigenvalue weighted by Crippen LogP contribution is -2.49. The monoisotopic (exact) mass is 379 g/mol. The van der Waals surface area contributed by atoms with Gasteiger partial charge in [0.25, 0.3) is 5.91 Å². The zero-order chi connectivity index (χ0) is 19.8. The molecule has 0 unspecified atom stereocenters. The van der Waals surface area contributed by atoms with Crippen LogP contribution in [-0.2, 0) is 25.5 Å². The van der Waals surface area contributed by atoms with Gasteiger partial charge in [-0.05, 0) is 37.1 Å². The van der Waals surface area contributed by atoms with Gasteiger partial charge in [0.05, 0.1) is 0 Å². The molecule has 1 saturated heterocycles. The summed E-state index contributed by atoms with van der Waals surface area (Å²) in [5.41, 5.74) is 6.17. The zero-order valence-electron chi connectivity index (χ0n) is 14.9. The van der Waals surface area contributed by atoms with Gasteiger partial charge in [0.1, 0.15) is 11.8 Å². The highest BCUT2D eigenvalue weighted by Crippen LogP contribution is 2.22. The van der Waals surface area contributed by atoms with Crippen molar-refractivity contribution in [2.24, 2.45) is 5.73 Å². The van der Waals surface area contributed by atoms with E-state index in [0.29, 0.717) is 13.1 Å². The number of phenolic OH excluding ortho intramolecular Hbond substituents is 1. The summed E-state index contributed by atoms with van der Waals surface area (Å²) < 4.78 is 4.82. The highest BCUT2D eigenvalue weighted by Gasteiger charge is 2.51. The molecule has 0 aromatic heterocycles. The number of unbranched alkanes of at least 4 members (excludes halogenated alkanes) is 2. The molecular weight excluding hydrogens is 354 g/mol. The van der Waals surface area contributed by atoms with Gasteiger partial charge in [-0.25, -0.2) is 4.79 Å². The molecule has 1 aromatic carbocycles. The molecule has 0 bridgehead atoms. The van der Waals surface area contributed by atoms with E-state index in [-0.39, 0.29) is 18.1 Å². The van der Waals surface area contributed by atoms with E-state index in [2.05, 4.69) is 10.6 Å². The lowest BCUT2D eigenvalue weighted by molar-refractivity contribution is -0.138. The third kappa shape index (κ3) is 6.54. The Bertz CT molecular complexity index is 664. The van der Waals surface area contributed by atoms with Gasteiger partial charge in [0.15, 0.2) is 12.2 Å². The quantitative estimate of drug-likeness (QED) is 0.257. The predicted octanol–water partition coefficient (Wildman–Crippen LogP) is -0.483. The summed E-state index contributed by atoms with van der Waals surface area (Å²) >= 11 is 0. The van der Waals surface area contributed by atoms with Gasteiger partial charge in [-0.3, -0.25) is 9.59 Å². The van der Waals surface area contributed by atoms with Crippen molar-refractivity contribution in [3.63, 3.8) is 0 Å². The van der Waals surface area contributed by atoms with E-state index in [4.69, 9.17) is 15.6 Å². The van der Waals surface area contributed by atoms with Crippen LogP contribution in [0.15, 0.2) is 24.3 Å². The number of hydrogen-bond acceptors (Lipinski definition) is 6. The van der Waals surface area contributed by atoms with Crippen LogP contribution in [-0.4, -0.2) is 59.3 Å². The van der Waals surface area contributed by atoms with Crippen molar-refractivity contribution in [1.82, 2.24) is 10.6 Å². The normalized spacial score (nSPS) is 19.1. The SMILES string of the molecule is NCCCCCNC(=O)[C@@H](Cc1ccc(O)cc1)NC(=O)[C@H]1O[C@@H]1C(=O)O. The maximum Gasteiger partial charge on any atom is 0.336 e. The van der Waals surface area contributed by atoms with Crippen molar-refractivity contribution < 1.29 is 29.3 Å². The Morgan fingerprint density at radius 1 is 1.11 bits per heavy atom. The van der Waals surface area contributed by atoms with Crippen LogP contribution in [0.25, 0.3) is 0 Å². The van der Waals surface area contributed by atoms with Crippen LogP contribution >= 0.6 is 0 Å². The fourth-order valence-electron chi connectivity index (χ4n) is 2.61. The summed E-state index contributed by atoms with van der Waals surface area (Å²) in [5.74, 6) is -2.12. The lowest BCUT2D eigenvalue weighted by Gasteiger charge is -2.18. The van der Waals surface area contributed by atoms with E-state index in [9.17, 15) is 19.5 Å². The number of epoxide rings is 1. The number of benzene rings is 1. The van der Waals surface area contributed by atoms with Crippen LogP contribution in [0.1, 0.15) is 24.8 Å². The Morgan fingerprint density at radius 3 is 2.41 bits per heavy atom. The van der Waals surface area contributed by atoms with Gasteiger partial charge in [-0.1, -0.05) is 18.6 Å². The molecule has 1 heterocycles. The number of phenols is 1. The third-order valence-corrected chi connectivity index (χ3v) is 4.18. The molecule has 2 amide bonds. The Balaban J connectivity index is 1.94. The molecular formula is C18H25N3O6. The summed E-state index contributed by atoms with van der Waals surface area (Å²) in [7, 11) is 0. The summed E-state index contributed by atoms with van der Waals surface area (Å²) in [4.78, 5) is 35.5. The Labute approximate surface area is 156 Å². The number of nitrogens with one attached hydrogen (secondary N) is 2. The first kappa shape index (κ1) is 20.7. The van der Waals surface area contributed by atoms with E-state index in [1.165, 1.54) is 12.1 Å². The lowest BCUT2D eigenvalue weighted by atomic mass is 10.0. The number of hydrogen-bond donors (Lipinski definition) is 5. The molecule has 1 aliphatic rings. The van der Waals surface area contributed by atoms with Gasteiger partial charge in [-0.15, -0.1) is 0 Å². The highest BCUT2D eigenvalue weighted by molar-refractivity contribution is 5.95. The van der Waals surface area contributed by atoms with Gasteiger partial charge < -0.3 is 31.3 Å². The average Bonchev–Trinajstić information content (AvgIpc) is 3.44. The molecule has 148 valence electrons. The Morgan fingerprint density at radius 2 is 1.81 bits per heavy atom. The van der Waals surface area contributed by atoms with Crippen LogP contribution in [0.3, 0.4) is 0 Å². The third-order valence-electron chi connectivity index (χ3n) is 4.18. The van der Waals surface area contributed by atoms with E-state index in [1.54, 1.807) is 12.1 Å². The number of carbonyl (C=O) groups excluding carboxylic acids is 2. The number of aliphatic carboxylic acids is 1. The number of aromatic hydroxyl groups is 1. The minimum Gasteiger partial charge on any atom is -0.508 e. The minimum absolute atomic E-state index is 0.0966. The number of carboxylic acids is 1. The van der Waals surface area contributed by atoms with Crippen LogP contribution in [0, 0.1) is 0 Å². The summed E-state index contributed by atoms with van der Waals surface area (Å²) in [6.07, 6.45) is 0.489. The van der Waals surface area contributed by atoms with Crippen molar-refractivity contribution in [2.45, 2.75) is 43.9 Å². The molecule has 1 fully saturated rings. The van der Waals surface area contributed by atoms with Crippen molar-refractivity contribution in [1.29, 1.82) is 0 Å². The molecule has 1 aromatic rings. The number of amides is 2. The number of ether oxygens (including phenoxy) is 1. The van der Waals surface area contributed by atoms with Gasteiger partial charge in [0, 0.05) is 13.0 Å². The molecule has 3 atom stereocenters. The highest BCUT2D eigenvalue weighted by atomic mass is 16.6. The standard InChI is InChI=1S/C18H25N3O6/c19-8-2-1-3-9-20-16(23)13(10-11-4-6-12(22)7-5-11)21-17(24)14-15(27-14)18(25)26/h4-7,13-15,22H,1-3,8-10,19H2,(H,20,23)(H,21,24)(H,25,26)/t13-,14+,15+/m1/s1. The second-order valence-electron chi connectivity index (χ2n) is 6.39. The number of rotatable bonds is 11. The molecule has 6 N–H and O–H groups in total. The molecule has 9 heteroatoms. The maximum absolute atomic E-state index is 12.5. The van der Waals surface area contributed by atoms with Gasteiger partial charge in [-0.2, -0.15) is 0 Å². The molecule has 0 aliphatic carbocycles. The maximum atomic E-state index is 12.5. The fourth-order valence-corrected chi connectivity index (χ4v) is 2.61. The largest absolute Gasteiger partial charge is 0.508 e. The zero-order valence-corrected chi connectivity index (χ0v) is 14.9. The van der Waals surface area contributed by atoms with E-state index < -0.39 is 30.1 Å². The van der Waals surface area contributed by atoms with E-state index in [0.717, 1.165) is 24.8 Å². The van der Waals surface area contributed by atoms with E-state index >= 15 is 0 Å². The van der Waals surface area contributed by atoms with Crippen molar-refractivity contribution in [3.8, 4) is 5.75 Å². The van der Waals surface area contributed by atoms with Crippen LogP contribution in [0.2, 0.25) is 0 Å². The summed E-state index contributed by atoms with van der Waals surface area (Å²) in [6.45, 7) is 1.05.